The van der Waals surface area contributed by atoms with Gasteiger partial charge in [0.2, 0.25) is 0 Å². The Balaban J connectivity index is 2.07. The van der Waals surface area contributed by atoms with Crippen molar-refractivity contribution in [1.29, 1.82) is 0 Å². The maximum Gasteiger partial charge on any atom is 0.339 e. The molecule has 1 saturated carbocycles. The van der Waals surface area contributed by atoms with E-state index in [9.17, 15) is 4.79 Å². The first-order valence-electron chi connectivity index (χ1n) is 6.76. The number of pyridine rings is 1. The Hall–Kier alpha value is -1.66. The predicted molar refractivity (Wildman–Crippen MR) is 75.7 cm³/mol. The zero-order valence-corrected chi connectivity index (χ0v) is 12.1. The summed E-state index contributed by atoms with van der Waals surface area (Å²) in [5, 5.41) is 3.27. The minimum Gasteiger partial charge on any atom is -0.465 e. The average molecular weight is 279 g/mol. The van der Waals surface area contributed by atoms with Crippen LogP contribution in [0.5, 0.6) is 0 Å². The minimum atomic E-state index is -0.380. The molecule has 1 aromatic heterocycles. The molecule has 1 aromatic rings. The van der Waals surface area contributed by atoms with Crippen molar-refractivity contribution in [3.63, 3.8) is 0 Å². The highest BCUT2D eigenvalue weighted by Gasteiger charge is 2.39. The van der Waals surface area contributed by atoms with Crippen LogP contribution in [0.3, 0.4) is 0 Å². The largest absolute Gasteiger partial charge is 0.465 e. The van der Waals surface area contributed by atoms with E-state index in [1.807, 2.05) is 6.92 Å². The summed E-state index contributed by atoms with van der Waals surface area (Å²) in [5.74, 6) is 0.314. The lowest BCUT2D eigenvalue weighted by Gasteiger charge is -2.42. The van der Waals surface area contributed by atoms with Crippen molar-refractivity contribution in [2.75, 3.05) is 19.0 Å². The summed E-state index contributed by atoms with van der Waals surface area (Å²) in [7, 11) is 1.36. The molecule has 2 rings (SSSR count). The molecule has 0 aromatic carbocycles. The molecule has 0 radical (unpaired) electrons. The summed E-state index contributed by atoms with van der Waals surface area (Å²) in [6, 6.07) is 3.59. The average Bonchev–Trinajstić information content (AvgIpc) is 2.44. The molecule has 110 valence electrons. The normalized spacial score (nSPS) is 24.9. The van der Waals surface area contributed by atoms with Crippen LogP contribution in [0.25, 0.3) is 0 Å². The molecule has 0 amide bonds. The van der Waals surface area contributed by atoms with E-state index in [0.29, 0.717) is 23.7 Å². The SMILES string of the molecule is CCOC1CC(N)C1Nc1ccc(C(=O)OC)c(C)n1. The van der Waals surface area contributed by atoms with Gasteiger partial charge in [-0.1, -0.05) is 0 Å². The topological polar surface area (TPSA) is 86.5 Å². The van der Waals surface area contributed by atoms with Gasteiger partial charge >= 0.3 is 5.97 Å². The molecule has 20 heavy (non-hydrogen) atoms. The van der Waals surface area contributed by atoms with Crippen LogP contribution in [-0.2, 0) is 9.47 Å². The van der Waals surface area contributed by atoms with Crippen LogP contribution in [-0.4, -0.2) is 42.9 Å². The molecule has 3 N–H and O–H groups in total. The Bertz CT molecular complexity index is 491. The number of aryl methyl sites for hydroxylation is 1. The van der Waals surface area contributed by atoms with Crippen LogP contribution in [0.15, 0.2) is 12.1 Å². The van der Waals surface area contributed by atoms with Crippen LogP contribution in [0.2, 0.25) is 0 Å². The molecular weight excluding hydrogens is 258 g/mol. The Morgan fingerprint density at radius 3 is 2.85 bits per heavy atom. The van der Waals surface area contributed by atoms with Crippen LogP contribution in [0.4, 0.5) is 5.82 Å². The van der Waals surface area contributed by atoms with E-state index < -0.39 is 0 Å². The lowest BCUT2D eigenvalue weighted by molar-refractivity contribution is -0.0127. The highest BCUT2D eigenvalue weighted by atomic mass is 16.5. The lowest BCUT2D eigenvalue weighted by Crippen LogP contribution is -2.60. The van der Waals surface area contributed by atoms with Crippen LogP contribution in [0.1, 0.15) is 29.4 Å². The van der Waals surface area contributed by atoms with Gasteiger partial charge in [-0.15, -0.1) is 0 Å². The smallest absolute Gasteiger partial charge is 0.339 e. The fraction of sp³-hybridized carbons (Fsp3) is 0.571. The van der Waals surface area contributed by atoms with E-state index in [0.717, 1.165) is 6.42 Å². The number of hydrogen-bond donors (Lipinski definition) is 2. The molecule has 1 fully saturated rings. The molecule has 3 atom stereocenters. The van der Waals surface area contributed by atoms with Gasteiger partial charge in [0.25, 0.3) is 0 Å². The summed E-state index contributed by atoms with van der Waals surface area (Å²) in [4.78, 5) is 15.9. The highest BCUT2D eigenvalue weighted by Crippen LogP contribution is 2.26. The number of anilines is 1. The molecule has 0 saturated heterocycles. The summed E-state index contributed by atoms with van der Waals surface area (Å²) in [5.41, 5.74) is 7.08. The van der Waals surface area contributed by atoms with Gasteiger partial charge in [0.05, 0.1) is 30.5 Å². The quantitative estimate of drug-likeness (QED) is 0.785. The van der Waals surface area contributed by atoms with Crippen molar-refractivity contribution >= 4 is 11.8 Å². The second kappa shape index (κ2) is 6.19. The Labute approximate surface area is 118 Å². The number of carbonyl (C=O) groups is 1. The molecule has 0 bridgehead atoms. The highest BCUT2D eigenvalue weighted by molar-refractivity contribution is 5.90. The van der Waals surface area contributed by atoms with Crippen molar-refractivity contribution in [1.82, 2.24) is 4.98 Å². The van der Waals surface area contributed by atoms with E-state index >= 15 is 0 Å². The van der Waals surface area contributed by atoms with E-state index in [1.54, 1.807) is 19.1 Å². The van der Waals surface area contributed by atoms with Crippen LogP contribution >= 0.6 is 0 Å². The second-order valence-electron chi connectivity index (χ2n) is 4.88. The van der Waals surface area contributed by atoms with E-state index in [4.69, 9.17) is 15.2 Å². The minimum absolute atomic E-state index is 0.0610. The second-order valence-corrected chi connectivity index (χ2v) is 4.88. The summed E-state index contributed by atoms with van der Waals surface area (Å²) in [6.45, 7) is 4.41. The summed E-state index contributed by atoms with van der Waals surface area (Å²) >= 11 is 0. The summed E-state index contributed by atoms with van der Waals surface area (Å²) < 4.78 is 10.3. The third-order valence-electron chi connectivity index (χ3n) is 3.55. The molecule has 1 aliphatic rings. The number of hydrogen-bond acceptors (Lipinski definition) is 6. The van der Waals surface area contributed by atoms with Crippen molar-refractivity contribution in [3.8, 4) is 0 Å². The van der Waals surface area contributed by atoms with Crippen molar-refractivity contribution in [2.45, 2.75) is 38.5 Å². The molecule has 6 nitrogen and oxygen atoms in total. The van der Waals surface area contributed by atoms with Gasteiger partial charge in [0.1, 0.15) is 5.82 Å². The number of rotatable bonds is 5. The molecular formula is C14H21N3O3. The van der Waals surface area contributed by atoms with Crippen LogP contribution in [0, 0.1) is 6.92 Å². The molecule has 6 heteroatoms. The third-order valence-corrected chi connectivity index (χ3v) is 3.55. The number of nitrogens with zero attached hydrogens (tertiary/aromatic N) is 1. The number of carbonyl (C=O) groups excluding carboxylic acids is 1. The van der Waals surface area contributed by atoms with Crippen molar-refractivity contribution < 1.29 is 14.3 Å². The number of nitrogens with one attached hydrogen (secondary N) is 1. The maximum absolute atomic E-state index is 11.5. The molecule has 1 aliphatic carbocycles. The summed E-state index contributed by atoms with van der Waals surface area (Å²) in [6.07, 6.45) is 0.975. The first-order chi connectivity index (χ1) is 9.56. The fourth-order valence-electron chi connectivity index (χ4n) is 2.36. The van der Waals surface area contributed by atoms with Gasteiger partial charge in [-0.05, 0) is 32.4 Å². The van der Waals surface area contributed by atoms with Gasteiger partial charge in [-0.3, -0.25) is 0 Å². The van der Waals surface area contributed by atoms with E-state index in [2.05, 4.69) is 10.3 Å². The van der Waals surface area contributed by atoms with Gasteiger partial charge < -0.3 is 20.5 Å². The fourth-order valence-corrected chi connectivity index (χ4v) is 2.36. The molecule has 0 spiro atoms. The lowest BCUT2D eigenvalue weighted by atomic mass is 9.83. The Kier molecular flexibility index (Phi) is 4.57. The Morgan fingerprint density at radius 2 is 2.30 bits per heavy atom. The van der Waals surface area contributed by atoms with Crippen molar-refractivity contribution in [2.24, 2.45) is 5.73 Å². The maximum atomic E-state index is 11.5. The first kappa shape index (κ1) is 14.7. The Morgan fingerprint density at radius 1 is 1.55 bits per heavy atom. The molecule has 0 aliphatic heterocycles. The monoisotopic (exact) mass is 279 g/mol. The van der Waals surface area contributed by atoms with Gasteiger partial charge in [-0.25, -0.2) is 9.78 Å². The van der Waals surface area contributed by atoms with Crippen molar-refractivity contribution in [3.05, 3.63) is 23.4 Å². The zero-order valence-electron chi connectivity index (χ0n) is 12.1. The molecule has 3 unspecified atom stereocenters. The predicted octanol–water partition coefficient (Wildman–Crippen LogP) is 1.09. The standard InChI is InChI=1S/C14H21N3O3/c1-4-20-11-7-10(15)13(11)17-12-6-5-9(8(2)16-12)14(18)19-3/h5-6,10-11,13H,4,7,15H2,1-3H3,(H,16,17). The number of esters is 1. The van der Waals surface area contributed by atoms with Gasteiger partial charge in [0, 0.05) is 12.6 Å². The van der Waals surface area contributed by atoms with E-state index in [1.165, 1.54) is 7.11 Å². The van der Waals surface area contributed by atoms with Crippen LogP contribution < -0.4 is 11.1 Å². The zero-order chi connectivity index (χ0) is 14.7. The van der Waals surface area contributed by atoms with Gasteiger partial charge in [-0.2, -0.15) is 0 Å². The van der Waals surface area contributed by atoms with E-state index in [-0.39, 0.29) is 24.2 Å². The van der Waals surface area contributed by atoms with Gasteiger partial charge in [0.15, 0.2) is 0 Å². The molecule has 1 heterocycles. The number of methoxy groups -OCH3 is 1. The first-order valence-corrected chi connectivity index (χ1v) is 6.76. The number of aromatic nitrogens is 1. The third kappa shape index (κ3) is 2.91. The number of ether oxygens (including phenoxy) is 2. The number of nitrogens with two attached hydrogens (primary N) is 1.